The van der Waals surface area contributed by atoms with Gasteiger partial charge in [-0.1, -0.05) is 13.0 Å². The predicted octanol–water partition coefficient (Wildman–Crippen LogP) is 5.07. The molecule has 164 valence electrons. The van der Waals surface area contributed by atoms with Gasteiger partial charge in [0.05, 0.1) is 22.7 Å². The van der Waals surface area contributed by atoms with Crippen molar-refractivity contribution in [2.75, 3.05) is 11.9 Å². The number of thiophene rings is 2. The molecule has 4 heterocycles. The minimum Gasteiger partial charge on any atom is -0.462 e. The minimum absolute atomic E-state index is 0.246. The maximum absolute atomic E-state index is 13.1. The van der Waals surface area contributed by atoms with Crippen LogP contribution in [-0.4, -0.2) is 33.1 Å². The summed E-state index contributed by atoms with van der Waals surface area (Å²) in [5, 5.41) is 9.97. The minimum atomic E-state index is -0.383. The number of anilines is 1. The molecular weight excluding hydrogens is 444 g/mol. The zero-order valence-electron chi connectivity index (χ0n) is 17.8. The van der Waals surface area contributed by atoms with Gasteiger partial charge in [-0.25, -0.2) is 14.3 Å². The van der Waals surface area contributed by atoms with Crippen molar-refractivity contribution < 1.29 is 14.3 Å². The number of nitrogens with one attached hydrogen (secondary N) is 1. The first-order chi connectivity index (χ1) is 15.5. The Morgan fingerprint density at radius 3 is 3.00 bits per heavy atom. The van der Waals surface area contributed by atoms with Crippen molar-refractivity contribution in [1.82, 2.24) is 14.6 Å². The number of rotatable bonds is 5. The van der Waals surface area contributed by atoms with E-state index in [1.54, 1.807) is 35.0 Å². The molecule has 1 unspecified atom stereocenters. The van der Waals surface area contributed by atoms with E-state index in [0.717, 1.165) is 40.3 Å². The van der Waals surface area contributed by atoms with Crippen molar-refractivity contribution in [2.24, 2.45) is 5.92 Å². The summed E-state index contributed by atoms with van der Waals surface area (Å²) in [5.74, 6) is -0.198. The molecule has 1 N–H and O–H groups in total. The van der Waals surface area contributed by atoms with Gasteiger partial charge in [0.15, 0.2) is 11.3 Å². The fraction of sp³-hybridized carbons (Fsp3) is 0.304. The SMILES string of the molecule is CCOC(=O)c1c(NC(=O)c2cc3nccc(-c4cccs4)n3n2)sc2c1CCC(C)C2. The Labute approximate surface area is 193 Å². The number of hydrogen-bond donors (Lipinski definition) is 1. The molecule has 0 aliphatic heterocycles. The smallest absolute Gasteiger partial charge is 0.341 e. The van der Waals surface area contributed by atoms with Crippen LogP contribution in [0.3, 0.4) is 0 Å². The van der Waals surface area contributed by atoms with E-state index in [2.05, 4.69) is 22.3 Å². The average molecular weight is 467 g/mol. The van der Waals surface area contributed by atoms with E-state index < -0.39 is 0 Å². The number of aromatic nitrogens is 3. The number of nitrogens with zero attached hydrogens (tertiary/aromatic N) is 3. The molecule has 0 spiro atoms. The van der Waals surface area contributed by atoms with Gasteiger partial charge in [-0.05, 0) is 55.2 Å². The number of carbonyl (C=O) groups is 2. The zero-order chi connectivity index (χ0) is 22.2. The lowest BCUT2D eigenvalue weighted by Crippen LogP contribution is -2.17. The molecule has 0 aromatic carbocycles. The number of carbonyl (C=O) groups excluding carboxylic acids is 2. The quantitative estimate of drug-likeness (QED) is 0.415. The van der Waals surface area contributed by atoms with Gasteiger partial charge in [-0.2, -0.15) is 5.10 Å². The van der Waals surface area contributed by atoms with Gasteiger partial charge in [0.2, 0.25) is 0 Å². The Balaban J connectivity index is 1.50. The summed E-state index contributed by atoms with van der Waals surface area (Å²) >= 11 is 3.07. The molecule has 0 radical (unpaired) electrons. The standard InChI is InChI=1S/C23H22N4O3S2/c1-3-30-23(29)20-14-7-6-13(2)11-18(14)32-22(20)25-21(28)15-12-19-24-9-8-16(27(19)26-15)17-5-4-10-31-17/h4-5,8-10,12-13H,3,6-7,11H2,1-2H3,(H,25,28). The first-order valence-corrected chi connectivity index (χ1v) is 12.3. The van der Waals surface area contributed by atoms with Crippen LogP contribution in [-0.2, 0) is 17.6 Å². The average Bonchev–Trinajstić information content (AvgIpc) is 3.51. The normalized spacial score (nSPS) is 15.5. The Hall–Kier alpha value is -3.04. The van der Waals surface area contributed by atoms with Crippen molar-refractivity contribution >= 4 is 45.2 Å². The highest BCUT2D eigenvalue weighted by Crippen LogP contribution is 2.40. The molecule has 1 aliphatic carbocycles. The van der Waals surface area contributed by atoms with Crippen LogP contribution in [0.4, 0.5) is 5.00 Å². The van der Waals surface area contributed by atoms with Crippen molar-refractivity contribution in [3.63, 3.8) is 0 Å². The molecule has 1 aliphatic rings. The maximum Gasteiger partial charge on any atom is 0.341 e. The second kappa shape index (κ2) is 8.48. The van der Waals surface area contributed by atoms with Crippen LogP contribution in [0.25, 0.3) is 16.2 Å². The number of ether oxygens (including phenoxy) is 1. The van der Waals surface area contributed by atoms with Gasteiger partial charge in [-0.15, -0.1) is 22.7 Å². The van der Waals surface area contributed by atoms with Gasteiger partial charge in [0.25, 0.3) is 5.91 Å². The van der Waals surface area contributed by atoms with Gasteiger partial charge < -0.3 is 10.1 Å². The van der Waals surface area contributed by atoms with Crippen LogP contribution in [0.1, 0.15) is 51.6 Å². The van der Waals surface area contributed by atoms with Crippen molar-refractivity contribution in [3.05, 3.63) is 57.5 Å². The summed E-state index contributed by atoms with van der Waals surface area (Å²) < 4.78 is 6.97. The van der Waals surface area contributed by atoms with E-state index in [9.17, 15) is 9.59 Å². The predicted molar refractivity (Wildman–Crippen MR) is 126 cm³/mol. The van der Waals surface area contributed by atoms with Crippen molar-refractivity contribution in [2.45, 2.75) is 33.1 Å². The molecule has 1 atom stereocenters. The topological polar surface area (TPSA) is 85.6 Å². The van der Waals surface area contributed by atoms with E-state index in [4.69, 9.17) is 4.74 Å². The zero-order valence-corrected chi connectivity index (χ0v) is 19.4. The monoisotopic (exact) mass is 466 g/mol. The second-order valence-electron chi connectivity index (χ2n) is 7.84. The summed E-state index contributed by atoms with van der Waals surface area (Å²) in [4.78, 5) is 32.4. The largest absolute Gasteiger partial charge is 0.462 e. The van der Waals surface area contributed by atoms with E-state index in [-0.39, 0.29) is 24.2 Å². The number of esters is 1. The van der Waals surface area contributed by atoms with Crippen LogP contribution < -0.4 is 5.32 Å². The molecule has 7 nitrogen and oxygen atoms in total. The molecule has 0 fully saturated rings. The summed E-state index contributed by atoms with van der Waals surface area (Å²) in [6.07, 6.45) is 4.46. The van der Waals surface area contributed by atoms with Crippen molar-refractivity contribution in [3.8, 4) is 10.6 Å². The number of hydrogen-bond acceptors (Lipinski definition) is 7. The van der Waals surface area contributed by atoms with Gasteiger partial charge in [0, 0.05) is 17.1 Å². The Kier molecular flexibility index (Phi) is 5.52. The van der Waals surface area contributed by atoms with Crippen molar-refractivity contribution in [1.29, 1.82) is 0 Å². The summed E-state index contributed by atoms with van der Waals surface area (Å²) in [5.41, 5.74) is 3.21. The molecular formula is C23H22N4O3S2. The highest BCUT2D eigenvalue weighted by atomic mass is 32.1. The summed E-state index contributed by atoms with van der Waals surface area (Å²) in [6.45, 7) is 4.28. The lowest BCUT2D eigenvalue weighted by molar-refractivity contribution is 0.0526. The van der Waals surface area contributed by atoms with Gasteiger partial charge in [0.1, 0.15) is 5.00 Å². The molecule has 5 rings (SSSR count). The summed E-state index contributed by atoms with van der Waals surface area (Å²) in [6, 6.07) is 7.51. The first-order valence-electron chi connectivity index (χ1n) is 10.6. The van der Waals surface area contributed by atoms with E-state index in [1.807, 2.05) is 23.6 Å². The number of amides is 1. The van der Waals surface area contributed by atoms with E-state index in [1.165, 1.54) is 11.3 Å². The molecule has 4 aromatic rings. The van der Waals surface area contributed by atoms with Crippen LogP contribution in [0.2, 0.25) is 0 Å². The van der Waals surface area contributed by atoms with Crippen LogP contribution in [0.15, 0.2) is 35.8 Å². The number of fused-ring (bicyclic) bond motifs is 2. The van der Waals surface area contributed by atoms with Crippen LogP contribution in [0, 0.1) is 5.92 Å². The molecule has 1 amide bonds. The Morgan fingerprint density at radius 2 is 2.22 bits per heavy atom. The highest BCUT2D eigenvalue weighted by Gasteiger charge is 2.29. The van der Waals surface area contributed by atoms with E-state index >= 15 is 0 Å². The lowest BCUT2D eigenvalue weighted by Gasteiger charge is -2.18. The highest BCUT2D eigenvalue weighted by molar-refractivity contribution is 7.17. The van der Waals surface area contributed by atoms with Crippen LogP contribution >= 0.6 is 22.7 Å². The van der Waals surface area contributed by atoms with Gasteiger partial charge in [-0.3, -0.25) is 4.79 Å². The first kappa shape index (κ1) is 20.8. The fourth-order valence-corrected chi connectivity index (χ4v) is 6.17. The lowest BCUT2D eigenvalue weighted by atomic mass is 9.88. The Bertz CT molecular complexity index is 1310. The molecule has 0 bridgehead atoms. The van der Waals surface area contributed by atoms with E-state index in [0.29, 0.717) is 22.1 Å². The third-order valence-corrected chi connectivity index (χ3v) is 7.64. The van der Waals surface area contributed by atoms with Crippen LogP contribution in [0.5, 0.6) is 0 Å². The fourth-order valence-electron chi connectivity index (χ4n) is 4.04. The Morgan fingerprint density at radius 1 is 1.34 bits per heavy atom. The molecule has 0 saturated carbocycles. The summed E-state index contributed by atoms with van der Waals surface area (Å²) in [7, 11) is 0. The third kappa shape index (κ3) is 3.71. The molecule has 9 heteroatoms. The molecule has 0 saturated heterocycles. The maximum atomic E-state index is 13.1. The molecule has 4 aromatic heterocycles. The van der Waals surface area contributed by atoms with Gasteiger partial charge >= 0.3 is 5.97 Å². The third-order valence-electron chi connectivity index (χ3n) is 5.58. The molecule has 32 heavy (non-hydrogen) atoms. The second-order valence-corrected chi connectivity index (χ2v) is 9.89.